The van der Waals surface area contributed by atoms with Gasteiger partial charge in [-0.05, 0) is 5.92 Å². The number of carboxylic acid groups (broad SMARTS) is 1. The maximum Gasteiger partial charge on any atom is 0.404 e. The highest BCUT2D eigenvalue weighted by molar-refractivity contribution is 5.69. The Hall–Kier alpha value is -1.26. The van der Waals surface area contributed by atoms with Gasteiger partial charge in [-0.1, -0.05) is 13.8 Å². The smallest absolute Gasteiger partial charge is 0.404 e. The highest BCUT2D eigenvalue weighted by Crippen LogP contribution is 2.00. The molecule has 0 rings (SSSR count). The zero-order valence-corrected chi connectivity index (χ0v) is 7.87. The molecule has 5 nitrogen and oxygen atoms in total. The van der Waals surface area contributed by atoms with Gasteiger partial charge in [0, 0.05) is 6.42 Å². The van der Waals surface area contributed by atoms with E-state index in [0.717, 1.165) is 0 Å². The van der Waals surface area contributed by atoms with Crippen molar-refractivity contribution >= 4 is 12.1 Å². The Morgan fingerprint density at radius 1 is 1.46 bits per heavy atom. The number of amides is 1. The van der Waals surface area contributed by atoms with Gasteiger partial charge in [0.15, 0.2) is 0 Å². The lowest BCUT2D eigenvalue weighted by molar-refractivity contribution is -0.144. The van der Waals surface area contributed by atoms with E-state index in [1.54, 1.807) is 0 Å². The van der Waals surface area contributed by atoms with E-state index in [1.165, 1.54) is 0 Å². The maximum atomic E-state index is 10.9. The molecule has 0 spiro atoms. The highest BCUT2D eigenvalue weighted by atomic mass is 16.5. The molecule has 13 heavy (non-hydrogen) atoms. The van der Waals surface area contributed by atoms with E-state index in [1.807, 2.05) is 13.8 Å². The van der Waals surface area contributed by atoms with Crippen LogP contribution in [0, 0.1) is 5.92 Å². The van der Waals surface area contributed by atoms with Crippen LogP contribution >= 0.6 is 0 Å². The molecule has 0 saturated heterocycles. The summed E-state index contributed by atoms with van der Waals surface area (Å²) >= 11 is 0. The summed E-state index contributed by atoms with van der Waals surface area (Å²) in [4.78, 5) is 20.9. The third kappa shape index (κ3) is 8.65. The molecule has 1 amide bonds. The van der Waals surface area contributed by atoms with E-state index in [-0.39, 0.29) is 25.0 Å². The van der Waals surface area contributed by atoms with Gasteiger partial charge in [-0.25, -0.2) is 4.79 Å². The number of esters is 1. The van der Waals surface area contributed by atoms with E-state index in [0.29, 0.717) is 6.42 Å². The van der Waals surface area contributed by atoms with Crippen LogP contribution in [0.4, 0.5) is 4.79 Å². The van der Waals surface area contributed by atoms with Crippen LogP contribution < -0.4 is 5.32 Å². The van der Waals surface area contributed by atoms with E-state index < -0.39 is 6.09 Å². The minimum atomic E-state index is -1.11. The van der Waals surface area contributed by atoms with E-state index in [4.69, 9.17) is 9.84 Å². The van der Waals surface area contributed by atoms with E-state index >= 15 is 0 Å². The van der Waals surface area contributed by atoms with Gasteiger partial charge in [-0.15, -0.1) is 0 Å². The van der Waals surface area contributed by atoms with Crippen LogP contribution in [-0.4, -0.2) is 30.3 Å². The fourth-order valence-corrected chi connectivity index (χ4v) is 0.715. The molecule has 0 aromatic carbocycles. The second-order valence-electron chi connectivity index (χ2n) is 3.05. The number of hydrogen-bond donors (Lipinski definition) is 2. The fraction of sp³-hybridized carbons (Fsp3) is 0.750. The number of hydrogen-bond acceptors (Lipinski definition) is 3. The second-order valence-corrected chi connectivity index (χ2v) is 3.05. The van der Waals surface area contributed by atoms with Crippen molar-refractivity contribution in [3.05, 3.63) is 0 Å². The standard InChI is InChI=1S/C8H15NO4/c1-6(2)5-7(10)13-4-3-9-8(11)12/h6,9H,3-5H2,1-2H3,(H,11,12). The predicted molar refractivity (Wildman–Crippen MR) is 46.4 cm³/mol. The Morgan fingerprint density at radius 2 is 2.08 bits per heavy atom. The van der Waals surface area contributed by atoms with Gasteiger partial charge >= 0.3 is 12.1 Å². The van der Waals surface area contributed by atoms with Crippen LogP contribution in [0.5, 0.6) is 0 Å². The molecule has 0 atom stereocenters. The van der Waals surface area contributed by atoms with Crippen LogP contribution in [0.3, 0.4) is 0 Å². The Bertz CT molecular complexity index is 179. The summed E-state index contributed by atoms with van der Waals surface area (Å²) in [5.74, 6) is -0.0258. The summed E-state index contributed by atoms with van der Waals surface area (Å²) < 4.78 is 4.74. The third-order valence-electron chi connectivity index (χ3n) is 1.22. The minimum Gasteiger partial charge on any atom is -0.465 e. The Kier molecular flexibility index (Phi) is 5.67. The van der Waals surface area contributed by atoms with Crippen molar-refractivity contribution in [3.63, 3.8) is 0 Å². The fourth-order valence-electron chi connectivity index (χ4n) is 0.715. The molecule has 0 unspecified atom stereocenters. The lowest BCUT2D eigenvalue weighted by Gasteiger charge is -2.05. The lowest BCUT2D eigenvalue weighted by atomic mass is 10.1. The lowest BCUT2D eigenvalue weighted by Crippen LogP contribution is -2.26. The van der Waals surface area contributed by atoms with Gasteiger partial charge in [-0.3, -0.25) is 4.79 Å². The summed E-state index contributed by atoms with van der Waals surface area (Å²) in [6, 6.07) is 0. The molecule has 0 bridgehead atoms. The van der Waals surface area contributed by atoms with Crippen LogP contribution in [0.25, 0.3) is 0 Å². The second kappa shape index (κ2) is 6.28. The molecule has 0 radical (unpaired) electrons. The molecule has 0 fully saturated rings. The molecular formula is C8H15NO4. The Morgan fingerprint density at radius 3 is 2.54 bits per heavy atom. The first-order valence-electron chi connectivity index (χ1n) is 4.14. The van der Waals surface area contributed by atoms with Crippen molar-refractivity contribution in [2.45, 2.75) is 20.3 Å². The number of carbonyl (C=O) groups is 2. The van der Waals surface area contributed by atoms with Crippen molar-refractivity contribution in [1.29, 1.82) is 0 Å². The molecule has 0 aromatic heterocycles. The van der Waals surface area contributed by atoms with E-state index in [9.17, 15) is 9.59 Å². The Labute approximate surface area is 77.1 Å². The van der Waals surface area contributed by atoms with Gasteiger partial charge in [-0.2, -0.15) is 0 Å². The molecule has 5 heteroatoms. The predicted octanol–water partition coefficient (Wildman–Crippen LogP) is 0.843. The average Bonchev–Trinajstić information content (AvgIpc) is 1.96. The topological polar surface area (TPSA) is 75.6 Å². The normalized spacial score (nSPS) is 9.77. The van der Waals surface area contributed by atoms with Crippen molar-refractivity contribution in [3.8, 4) is 0 Å². The van der Waals surface area contributed by atoms with Gasteiger partial charge in [0.1, 0.15) is 6.61 Å². The number of carbonyl (C=O) groups excluding carboxylic acids is 1. The summed E-state index contributed by atoms with van der Waals surface area (Å²) in [6.45, 7) is 4.06. The van der Waals surface area contributed by atoms with Crippen molar-refractivity contribution in [1.82, 2.24) is 5.32 Å². The number of ether oxygens (including phenoxy) is 1. The van der Waals surface area contributed by atoms with Crippen LogP contribution in [-0.2, 0) is 9.53 Å². The molecule has 2 N–H and O–H groups in total. The first kappa shape index (κ1) is 11.7. The number of rotatable bonds is 5. The van der Waals surface area contributed by atoms with Crippen molar-refractivity contribution < 1.29 is 19.4 Å². The van der Waals surface area contributed by atoms with Gasteiger partial charge in [0.2, 0.25) is 0 Å². The number of nitrogens with one attached hydrogen (secondary N) is 1. The first-order chi connectivity index (χ1) is 6.02. The monoisotopic (exact) mass is 189 g/mol. The first-order valence-corrected chi connectivity index (χ1v) is 4.14. The summed E-state index contributed by atoms with van der Waals surface area (Å²) in [6.07, 6.45) is -0.743. The SMILES string of the molecule is CC(C)CC(=O)OCCNC(=O)O. The zero-order valence-electron chi connectivity index (χ0n) is 7.87. The summed E-state index contributed by atoms with van der Waals surface area (Å²) in [7, 11) is 0. The molecular weight excluding hydrogens is 174 g/mol. The molecule has 0 aliphatic heterocycles. The van der Waals surface area contributed by atoms with Crippen LogP contribution in [0.2, 0.25) is 0 Å². The van der Waals surface area contributed by atoms with Gasteiger partial charge in [0.25, 0.3) is 0 Å². The van der Waals surface area contributed by atoms with Gasteiger partial charge < -0.3 is 15.2 Å². The van der Waals surface area contributed by atoms with Gasteiger partial charge in [0.05, 0.1) is 6.54 Å². The van der Waals surface area contributed by atoms with Crippen molar-refractivity contribution in [2.75, 3.05) is 13.2 Å². The third-order valence-corrected chi connectivity index (χ3v) is 1.22. The molecule has 0 saturated carbocycles. The molecule has 76 valence electrons. The van der Waals surface area contributed by atoms with Crippen LogP contribution in [0.15, 0.2) is 0 Å². The zero-order chi connectivity index (χ0) is 10.3. The van der Waals surface area contributed by atoms with Crippen LogP contribution in [0.1, 0.15) is 20.3 Å². The molecule has 0 aliphatic rings. The molecule has 0 aromatic rings. The minimum absolute atomic E-state index is 0.0951. The average molecular weight is 189 g/mol. The summed E-state index contributed by atoms with van der Waals surface area (Å²) in [5, 5.41) is 10.3. The highest BCUT2D eigenvalue weighted by Gasteiger charge is 2.05. The summed E-state index contributed by atoms with van der Waals surface area (Å²) in [5.41, 5.74) is 0. The Balaban J connectivity index is 3.32. The largest absolute Gasteiger partial charge is 0.465 e. The maximum absolute atomic E-state index is 10.9. The quantitative estimate of drug-likeness (QED) is 0.496. The molecule has 0 aliphatic carbocycles. The molecule has 0 heterocycles. The van der Waals surface area contributed by atoms with E-state index in [2.05, 4.69) is 5.32 Å². The van der Waals surface area contributed by atoms with Crippen molar-refractivity contribution in [2.24, 2.45) is 5.92 Å².